The second-order valence-corrected chi connectivity index (χ2v) is 9.97. The lowest BCUT2D eigenvalue weighted by molar-refractivity contribution is -0.136. The number of rotatable bonds is 6. The summed E-state index contributed by atoms with van der Waals surface area (Å²) in [4.78, 5) is 38.0. The van der Waals surface area contributed by atoms with Crippen molar-refractivity contribution in [1.82, 2.24) is 15.5 Å². The Morgan fingerprint density at radius 1 is 1.18 bits per heavy atom. The average molecular weight is 458 g/mol. The molecule has 0 radical (unpaired) electrons. The van der Waals surface area contributed by atoms with Gasteiger partial charge >= 0.3 is 0 Å². The maximum atomic E-state index is 15.6. The number of halogens is 1. The second kappa shape index (κ2) is 9.14. The van der Waals surface area contributed by atoms with E-state index >= 15 is 4.39 Å². The van der Waals surface area contributed by atoms with Gasteiger partial charge in [-0.05, 0) is 56.6 Å². The third kappa shape index (κ3) is 4.30. The van der Waals surface area contributed by atoms with Crippen LogP contribution < -0.4 is 10.6 Å². The molecule has 4 aliphatic rings. The van der Waals surface area contributed by atoms with Crippen molar-refractivity contribution in [2.45, 2.75) is 89.1 Å². The SMILES string of the molecule is C[C@@H](N[C@H]1CCCO[C@@H]1Cc1ccc2c(c1F)CN(C1CCC(=O)NC1=O)C2=O)C1CCC1. The monoisotopic (exact) mass is 457 g/mol. The molecule has 5 rings (SSSR count). The van der Waals surface area contributed by atoms with E-state index in [1.165, 1.54) is 24.2 Å². The molecule has 8 heteroatoms. The second-order valence-electron chi connectivity index (χ2n) is 9.97. The van der Waals surface area contributed by atoms with Crippen LogP contribution in [0.15, 0.2) is 12.1 Å². The summed E-state index contributed by atoms with van der Waals surface area (Å²) in [6.45, 7) is 2.96. The van der Waals surface area contributed by atoms with Crippen molar-refractivity contribution in [3.8, 4) is 0 Å². The van der Waals surface area contributed by atoms with Crippen molar-refractivity contribution in [3.05, 3.63) is 34.6 Å². The predicted octanol–water partition coefficient (Wildman–Crippen LogP) is 2.45. The molecule has 7 nitrogen and oxygen atoms in total. The van der Waals surface area contributed by atoms with E-state index in [-0.39, 0.29) is 49.2 Å². The van der Waals surface area contributed by atoms with Gasteiger partial charge in [-0.25, -0.2) is 4.39 Å². The third-order valence-electron chi connectivity index (χ3n) is 7.92. The Bertz CT molecular complexity index is 963. The average Bonchev–Trinajstić information content (AvgIpc) is 3.07. The number of carbonyl (C=O) groups is 3. The number of piperidine rings is 1. The predicted molar refractivity (Wildman–Crippen MR) is 119 cm³/mol. The van der Waals surface area contributed by atoms with Crippen LogP contribution in [0.4, 0.5) is 4.39 Å². The molecule has 2 saturated heterocycles. The lowest BCUT2D eigenvalue weighted by Gasteiger charge is -2.39. The van der Waals surface area contributed by atoms with Gasteiger partial charge in [0.05, 0.1) is 12.6 Å². The quantitative estimate of drug-likeness (QED) is 0.641. The standard InChI is InChI=1S/C25H32FN3O4/c1-14(15-4-2-5-15)27-19-6-3-11-33-21(19)12-16-7-8-17-18(23(16)26)13-29(25(17)32)20-9-10-22(30)28-24(20)31/h7-8,14-15,19-21,27H,2-6,9-13H2,1H3,(H,28,30,31)/t14-,19+,20?,21-/m1/s1. The molecule has 3 aliphatic heterocycles. The topological polar surface area (TPSA) is 87.7 Å². The lowest BCUT2D eigenvalue weighted by Crippen LogP contribution is -2.52. The van der Waals surface area contributed by atoms with Gasteiger partial charge in [-0.2, -0.15) is 0 Å². The van der Waals surface area contributed by atoms with Crippen LogP contribution in [0.3, 0.4) is 0 Å². The van der Waals surface area contributed by atoms with Crippen LogP contribution in [0.25, 0.3) is 0 Å². The first kappa shape index (κ1) is 22.5. The van der Waals surface area contributed by atoms with Gasteiger partial charge < -0.3 is 15.0 Å². The first-order valence-electron chi connectivity index (χ1n) is 12.2. The minimum Gasteiger partial charge on any atom is -0.376 e. The van der Waals surface area contributed by atoms with Crippen molar-refractivity contribution in [1.29, 1.82) is 0 Å². The van der Waals surface area contributed by atoms with E-state index in [1.54, 1.807) is 12.1 Å². The van der Waals surface area contributed by atoms with Gasteiger partial charge in [-0.1, -0.05) is 12.5 Å². The van der Waals surface area contributed by atoms with Gasteiger partial charge in [0.2, 0.25) is 11.8 Å². The Labute approximate surface area is 193 Å². The van der Waals surface area contributed by atoms with Crippen LogP contribution in [-0.2, 0) is 27.3 Å². The molecule has 1 aliphatic carbocycles. The molecule has 0 aromatic heterocycles. The Hall–Kier alpha value is -2.32. The number of nitrogens with one attached hydrogen (secondary N) is 2. The van der Waals surface area contributed by atoms with E-state index in [0.717, 1.165) is 12.8 Å². The summed E-state index contributed by atoms with van der Waals surface area (Å²) in [5, 5.41) is 6.03. The summed E-state index contributed by atoms with van der Waals surface area (Å²) >= 11 is 0. The maximum absolute atomic E-state index is 15.6. The first-order valence-corrected chi connectivity index (χ1v) is 12.2. The number of ether oxygens (including phenoxy) is 1. The molecule has 1 unspecified atom stereocenters. The van der Waals surface area contributed by atoms with Gasteiger partial charge in [-0.3, -0.25) is 19.7 Å². The zero-order chi connectivity index (χ0) is 23.1. The molecule has 178 valence electrons. The fourth-order valence-corrected chi connectivity index (χ4v) is 5.67. The number of amides is 3. The Morgan fingerprint density at radius 3 is 2.73 bits per heavy atom. The summed E-state index contributed by atoms with van der Waals surface area (Å²) in [5.74, 6) is -0.841. The number of hydrogen-bond acceptors (Lipinski definition) is 5. The Balaban J connectivity index is 1.30. The summed E-state index contributed by atoms with van der Waals surface area (Å²) in [6.07, 6.45) is 6.61. The highest BCUT2D eigenvalue weighted by molar-refractivity contribution is 6.05. The fourth-order valence-electron chi connectivity index (χ4n) is 5.67. The van der Waals surface area contributed by atoms with Crippen molar-refractivity contribution >= 4 is 17.7 Å². The molecule has 0 spiro atoms. The number of fused-ring (bicyclic) bond motifs is 1. The van der Waals surface area contributed by atoms with Crippen LogP contribution in [0.1, 0.15) is 73.4 Å². The zero-order valence-corrected chi connectivity index (χ0v) is 19.1. The van der Waals surface area contributed by atoms with Gasteiger partial charge in [0, 0.05) is 42.7 Å². The van der Waals surface area contributed by atoms with E-state index < -0.39 is 11.9 Å². The van der Waals surface area contributed by atoms with Crippen LogP contribution in [0.2, 0.25) is 0 Å². The number of carbonyl (C=O) groups excluding carboxylic acids is 3. The summed E-state index contributed by atoms with van der Waals surface area (Å²) in [5.41, 5.74) is 1.19. The van der Waals surface area contributed by atoms with Gasteiger partial charge in [0.15, 0.2) is 0 Å². The summed E-state index contributed by atoms with van der Waals surface area (Å²) < 4.78 is 21.6. The molecule has 0 bridgehead atoms. The number of hydrogen-bond donors (Lipinski definition) is 2. The smallest absolute Gasteiger partial charge is 0.255 e. The Morgan fingerprint density at radius 2 is 2.00 bits per heavy atom. The van der Waals surface area contributed by atoms with E-state index in [2.05, 4.69) is 17.6 Å². The normalized spacial score (nSPS) is 29.0. The van der Waals surface area contributed by atoms with Crippen molar-refractivity contribution in [2.75, 3.05) is 6.61 Å². The van der Waals surface area contributed by atoms with Gasteiger partial charge in [0.25, 0.3) is 5.91 Å². The van der Waals surface area contributed by atoms with Crippen molar-refractivity contribution < 1.29 is 23.5 Å². The molecule has 1 saturated carbocycles. The molecule has 3 fully saturated rings. The molecular weight excluding hydrogens is 425 g/mol. The highest BCUT2D eigenvalue weighted by atomic mass is 19.1. The van der Waals surface area contributed by atoms with Gasteiger partial charge in [-0.15, -0.1) is 0 Å². The first-order chi connectivity index (χ1) is 15.9. The zero-order valence-electron chi connectivity index (χ0n) is 19.1. The highest BCUT2D eigenvalue weighted by Gasteiger charge is 2.41. The van der Waals surface area contributed by atoms with Gasteiger partial charge in [0.1, 0.15) is 11.9 Å². The van der Waals surface area contributed by atoms with Crippen LogP contribution in [0, 0.1) is 11.7 Å². The minimum absolute atomic E-state index is 0.0477. The number of benzene rings is 1. The third-order valence-corrected chi connectivity index (χ3v) is 7.92. The van der Waals surface area contributed by atoms with Crippen LogP contribution >= 0.6 is 0 Å². The lowest BCUT2D eigenvalue weighted by atomic mass is 9.79. The van der Waals surface area contributed by atoms with Crippen molar-refractivity contribution in [2.24, 2.45) is 5.92 Å². The molecule has 2 N–H and O–H groups in total. The minimum atomic E-state index is -0.742. The van der Waals surface area contributed by atoms with Crippen LogP contribution in [0.5, 0.6) is 0 Å². The van der Waals surface area contributed by atoms with E-state index in [9.17, 15) is 14.4 Å². The number of imide groups is 1. The molecule has 4 atom stereocenters. The van der Waals surface area contributed by atoms with Crippen LogP contribution in [-0.4, -0.2) is 53.5 Å². The molecule has 3 amide bonds. The summed E-state index contributed by atoms with van der Waals surface area (Å²) in [6, 6.07) is 3.23. The van der Waals surface area contributed by atoms with Crippen molar-refractivity contribution in [3.63, 3.8) is 0 Å². The number of nitrogens with zero attached hydrogens (tertiary/aromatic N) is 1. The highest BCUT2D eigenvalue weighted by Crippen LogP contribution is 2.33. The Kier molecular flexibility index (Phi) is 6.22. The van der Waals surface area contributed by atoms with E-state index in [4.69, 9.17) is 4.74 Å². The van der Waals surface area contributed by atoms with E-state index in [0.29, 0.717) is 41.7 Å². The fraction of sp³-hybridized carbons (Fsp3) is 0.640. The molecule has 1 aromatic carbocycles. The largest absolute Gasteiger partial charge is 0.376 e. The van der Waals surface area contributed by atoms with E-state index in [1.807, 2.05) is 0 Å². The maximum Gasteiger partial charge on any atom is 0.255 e. The molecular formula is C25H32FN3O4. The molecule has 3 heterocycles. The molecule has 1 aromatic rings. The summed E-state index contributed by atoms with van der Waals surface area (Å²) in [7, 11) is 0. The molecule has 33 heavy (non-hydrogen) atoms.